The fraction of sp³-hybridized carbons (Fsp3) is 0.846. The van der Waals surface area contributed by atoms with Crippen molar-refractivity contribution >= 4 is 0 Å². The Morgan fingerprint density at radius 2 is 2.00 bits per heavy atom. The zero-order valence-electron chi connectivity index (χ0n) is 10.4. The summed E-state index contributed by atoms with van der Waals surface area (Å²) in [4.78, 5) is 0. The summed E-state index contributed by atoms with van der Waals surface area (Å²) in [6.45, 7) is 2.17. The zero-order valence-corrected chi connectivity index (χ0v) is 10.4. The van der Waals surface area contributed by atoms with E-state index in [9.17, 15) is 0 Å². The molecule has 1 aliphatic heterocycles. The number of nitrogens with one attached hydrogen (secondary N) is 1. The van der Waals surface area contributed by atoms with Crippen LogP contribution >= 0.6 is 0 Å². The topological polar surface area (TPSA) is 42.7 Å². The molecular weight excluding hydrogens is 212 g/mol. The van der Waals surface area contributed by atoms with Gasteiger partial charge in [0.25, 0.3) is 0 Å². The lowest BCUT2D eigenvalue weighted by atomic mass is 10.0. The van der Waals surface area contributed by atoms with Crippen LogP contribution in [-0.4, -0.2) is 27.6 Å². The molecule has 0 radical (unpaired) electrons. The Balaban J connectivity index is 1.67. The van der Waals surface area contributed by atoms with Gasteiger partial charge in [0.2, 0.25) is 0 Å². The number of hydrogen-bond acceptors (Lipinski definition) is 3. The number of aromatic nitrogens is 3. The summed E-state index contributed by atoms with van der Waals surface area (Å²) in [6, 6.07) is 0.602. The average Bonchev–Trinajstić information content (AvgIpc) is 3.00. The molecule has 1 saturated heterocycles. The summed E-state index contributed by atoms with van der Waals surface area (Å²) in [5.41, 5.74) is 1.37. The fourth-order valence-corrected chi connectivity index (χ4v) is 3.23. The molecule has 94 valence electrons. The minimum atomic E-state index is 0.602. The quantitative estimate of drug-likeness (QED) is 0.870. The van der Waals surface area contributed by atoms with Crippen molar-refractivity contribution in [3.8, 4) is 0 Å². The molecule has 1 N–H and O–H groups in total. The van der Waals surface area contributed by atoms with E-state index in [0.717, 1.165) is 13.1 Å². The summed E-state index contributed by atoms with van der Waals surface area (Å²) in [5, 5.41) is 12.0. The second kappa shape index (κ2) is 5.17. The first-order chi connectivity index (χ1) is 8.43. The first kappa shape index (κ1) is 11.2. The van der Waals surface area contributed by atoms with Gasteiger partial charge < -0.3 is 5.32 Å². The van der Waals surface area contributed by atoms with E-state index in [-0.39, 0.29) is 0 Å². The normalized spacial score (nSPS) is 26.5. The van der Waals surface area contributed by atoms with E-state index < -0.39 is 0 Å². The molecule has 2 aliphatic rings. The maximum atomic E-state index is 4.28. The molecule has 1 saturated carbocycles. The van der Waals surface area contributed by atoms with E-state index in [4.69, 9.17) is 0 Å². The van der Waals surface area contributed by atoms with Gasteiger partial charge in [-0.15, -0.1) is 5.10 Å². The van der Waals surface area contributed by atoms with Crippen LogP contribution in [0.15, 0.2) is 6.20 Å². The Kier molecular flexibility index (Phi) is 3.41. The summed E-state index contributed by atoms with van der Waals surface area (Å²) < 4.78 is 2.15. The molecule has 0 spiro atoms. The van der Waals surface area contributed by atoms with Crippen LogP contribution in [0.3, 0.4) is 0 Å². The third-order valence-electron chi connectivity index (χ3n) is 4.23. The van der Waals surface area contributed by atoms with Crippen LogP contribution in [0.5, 0.6) is 0 Å². The molecule has 4 nitrogen and oxygen atoms in total. The largest absolute Gasteiger partial charge is 0.312 e. The van der Waals surface area contributed by atoms with Crippen molar-refractivity contribution < 1.29 is 0 Å². The highest BCUT2D eigenvalue weighted by Crippen LogP contribution is 2.33. The SMILES string of the molecule is c1nnn(CC2CCCCN2)c1C1CCCC1. The summed E-state index contributed by atoms with van der Waals surface area (Å²) in [5.74, 6) is 0.716. The molecule has 2 fully saturated rings. The zero-order chi connectivity index (χ0) is 11.5. The molecule has 1 aromatic rings. The van der Waals surface area contributed by atoms with Crippen LogP contribution in [0.4, 0.5) is 0 Å². The Hall–Kier alpha value is -0.900. The third kappa shape index (κ3) is 2.51. The van der Waals surface area contributed by atoms with E-state index in [2.05, 4.69) is 20.3 Å². The molecule has 4 heteroatoms. The standard InChI is InChI=1S/C13H22N4/c1-2-6-11(5-1)13-9-15-16-17(13)10-12-7-3-4-8-14-12/h9,11-12,14H,1-8,10H2. The number of piperidine rings is 1. The lowest BCUT2D eigenvalue weighted by Crippen LogP contribution is -2.38. The molecule has 0 aromatic carbocycles. The van der Waals surface area contributed by atoms with Gasteiger partial charge in [0, 0.05) is 12.0 Å². The maximum Gasteiger partial charge on any atom is 0.0728 e. The van der Waals surface area contributed by atoms with Crippen LogP contribution < -0.4 is 5.32 Å². The van der Waals surface area contributed by atoms with Crippen molar-refractivity contribution in [2.75, 3.05) is 6.54 Å². The molecule has 1 atom stereocenters. The van der Waals surface area contributed by atoms with Gasteiger partial charge in [-0.05, 0) is 32.2 Å². The summed E-state index contributed by atoms with van der Waals surface area (Å²) >= 11 is 0. The summed E-state index contributed by atoms with van der Waals surface area (Å²) in [6.07, 6.45) is 11.3. The van der Waals surface area contributed by atoms with E-state index in [0.29, 0.717) is 12.0 Å². The Morgan fingerprint density at radius 1 is 1.18 bits per heavy atom. The van der Waals surface area contributed by atoms with E-state index in [1.54, 1.807) is 0 Å². The molecule has 1 aromatic heterocycles. The van der Waals surface area contributed by atoms with E-state index in [1.165, 1.54) is 50.6 Å². The smallest absolute Gasteiger partial charge is 0.0728 e. The lowest BCUT2D eigenvalue weighted by molar-refractivity contribution is 0.341. The number of rotatable bonds is 3. The number of nitrogens with zero attached hydrogens (tertiary/aromatic N) is 3. The van der Waals surface area contributed by atoms with Gasteiger partial charge in [-0.1, -0.05) is 24.5 Å². The molecule has 3 rings (SSSR count). The minimum absolute atomic E-state index is 0.602. The van der Waals surface area contributed by atoms with Crippen molar-refractivity contribution in [3.63, 3.8) is 0 Å². The monoisotopic (exact) mass is 234 g/mol. The van der Waals surface area contributed by atoms with Gasteiger partial charge in [0.15, 0.2) is 0 Å². The Morgan fingerprint density at radius 3 is 2.76 bits per heavy atom. The first-order valence-corrected chi connectivity index (χ1v) is 7.05. The van der Waals surface area contributed by atoms with Crippen LogP contribution in [0.25, 0.3) is 0 Å². The Labute approximate surface area is 103 Å². The van der Waals surface area contributed by atoms with Crippen molar-refractivity contribution in [1.82, 2.24) is 20.3 Å². The minimum Gasteiger partial charge on any atom is -0.312 e. The van der Waals surface area contributed by atoms with Gasteiger partial charge in [0.1, 0.15) is 0 Å². The van der Waals surface area contributed by atoms with Gasteiger partial charge >= 0.3 is 0 Å². The third-order valence-corrected chi connectivity index (χ3v) is 4.23. The van der Waals surface area contributed by atoms with Gasteiger partial charge in [0.05, 0.1) is 18.4 Å². The number of hydrogen-bond donors (Lipinski definition) is 1. The maximum absolute atomic E-state index is 4.28. The highest BCUT2D eigenvalue weighted by Gasteiger charge is 2.23. The second-order valence-electron chi connectivity index (χ2n) is 5.47. The first-order valence-electron chi connectivity index (χ1n) is 7.05. The molecule has 0 bridgehead atoms. The summed E-state index contributed by atoms with van der Waals surface area (Å²) in [7, 11) is 0. The molecule has 17 heavy (non-hydrogen) atoms. The second-order valence-corrected chi connectivity index (χ2v) is 5.47. The van der Waals surface area contributed by atoms with Gasteiger partial charge in [-0.25, -0.2) is 4.68 Å². The van der Waals surface area contributed by atoms with Crippen molar-refractivity contribution in [2.24, 2.45) is 0 Å². The van der Waals surface area contributed by atoms with E-state index >= 15 is 0 Å². The molecule has 1 unspecified atom stereocenters. The predicted octanol–water partition coefficient (Wildman–Crippen LogP) is 2.08. The lowest BCUT2D eigenvalue weighted by Gasteiger charge is -2.24. The highest BCUT2D eigenvalue weighted by atomic mass is 15.4. The Bertz CT molecular complexity index is 348. The molecular formula is C13H22N4. The van der Waals surface area contributed by atoms with Gasteiger partial charge in [-0.2, -0.15) is 0 Å². The van der Waals surface area contributed by atoms with E-state index in [1.807, 2.05) is 6.20 Å². The van der Waals surface area contributed by atoms with Crippen LogP contribution in [0.1, 0.15) is 56.6 Å². The van der Waals surface area contributed by atoms with Crippen molar-refractivity contribution in [2.45, 2.75) is 63.5 Å². The molecule has 1 aliphatic carbocycles. The molecule has 2 heterocycles. The fourth-order valence-electron chi connectivity index (χ4n) is 3.23. The molecule has 0 amide bonds. The highest BCUT2D eigenvalue weighted by molar-refractivity contribution is 5.05. The van der Waals surface area contributed by atoms with Crippen molar-refractivity contribution in [1.29, 1.82) is 0 Å². The average molecular weight is 234 g/mol. The van der Waals surface area contributed by atoms with Crippen LogP contribution in [-0.2, 0) is 6.54 Å². The van der Waals surface area contributed by atoms with Crippen LogP contribution in [0, 0.1) is 0 Å². The van der Waals surface area contributed by atoms with Crippen molar-refractivity contribution in [3.05, 3.63) is 11.9 Å². The van der Waals surface area contributed by atoms with Gasteiger partial charge in [-0.3, -0.25) is 0 Å². The van der Waals surface area contributed by atoms with Crippen LogP contribution in [0.2, 0.25) is 0 Å². The predicted molar refractivity (Wildman–Crippen MR) is 66.9 cm³/mol.